The van der Waals surface area contributed by atoms with Gasteiger partial charge in [-0.2, -0.15) is 0 Å². The number of hydrogen-bond donors (Lipinski definition) is 2. The van der Waals surface area contributed by atoms with Gasteiger partial charge in [0.05, 0.1) is 0 Å². The molecule has 2 N–H and O–H groups in total. The first-order chi connectivity index (χ1) is 13.5. The molecule has 0 radical (unpaired) electrons. The number of hydrogen-bond acceptors (Lipinski definition) is 6. The molecule has 0 spiro atoms. The first kappa shape index (κ1) is 19.1. The Morgan fingerprint density at radius 2 is 1.82 bits per heavy atom. The van der Waals surface area contributed by atoms with Crippen LogP contribution in [0, 0.1) is 13.8 Å². The SMILES string of the molecule is Cc1cccc(O[C@H](C)C(=O)NNC(=O)c2ccc(-c3nnco3)cc2)c1C. The molecule has 2 amide bonds. The molecule has 0 aliphatic carbocycles. The van der Waals surface area contributed by atoms with Crippen LogP contribution in [0.3, 0.4) is 0 Å². The third-order valence-corrected chi connectivity index (χ3v) is 4.28. The largest absolute Gasteiger partial charge is 0.481 e. The predicted molar refractivity (Wildman–Crippen MR) is 101 cm³/mol. The van der Waals surface area contributed by atoms with Gasteiger partial charge in [0.1, 0.15) is 5.75 Å². The molecule has 144 valence electrons. The number of nitrogens with one attached hydrogen (secondary N) is 2. The zero-order valence-corrected chi connectivity index (χ0v) is 15.7. The fraction of sp³-hybridized carbons (Fsp3) is 0.200. The van der Waals surface area contributed by atoms with E-state index in [4.69, 9.17) is 9.15 Å². The second kappa shape index (κ2) is 8.34. The summed E-state index contributed by atoms with van der Waals surface area (Å²) in [6, 6.07) is 12.2. The van der Waals surface area contributed by atoms with E-state index in [9.17, 15) is 9.59 Å². The Kier molecular flexibility index (Phi) is 5.69. The van der Waals surface area contributed by atoms with Gasteiger partial charge in [-0.15, -0.1) is 10.2 Å². The first-order valence-electron chi connectivity index (χ1n) is 8.65. The van der Waals surface area contributed by atoms with Crippen molar-refractivity contribution in [3.63, 3.8) is 0 Å². The molecule has 1 atom stereocenters. The average molecular weight is 380 g/mol. The molecule has 0 saturated carbocycles. The summed E-state index contributed by atoms with van der Waals surface area (Å²) < 4.78 is 10.8. The number of aryl methyl sites for hydroxylation is 1. The maximum Gasteiger partial charge on any atom is 0.279 e. The highest BCUT2D eigenvalue weighted by atomic mass is 16.5. The van der Waals surface area contributed by atoms with Crippen molar-refractivity contribution < 1.29 is 18.7 Å². The molecule has 0 saturated heterocycles. The monoisotopic (exact) mass is 380 g/mol. The summed E-state index contributed by atoms with van der Waals surface area (Å²) >= 11 is 0. The quantitative estimate of drug-likeness (QED) is 0.659. The minimum Gasteiger partial charge on any atom is -0.481 e. The summed E-state index contributed by atoms with van der Waals surface area (Å²) in [7, 11) is 0. The Morgan fingerprint density at radius 3 is 2.50 bits per heavy atom. The van der Waals surface area contributed by atoms with Crippen molar-refractivity contribution in [1.29, 1.82) is 0 Å². The number of rotatable bonds is 5. The van der Waals surface area contributed by atoms with Crippen LogP contribution >= 0.6 is 0 Å². The molecule has 1 aromatic heterocycles. The van der Waals surface area contributed by atoms with Gasteiger partial charge in [0.15, 0.2) is 6.10 Å². The van der Waals surface area contributed by atoms with E-state index in [1.165, 1.54) is 6.39 Å². The number of amides is 2. The van der Waals surface area contributed by atoms with Gasteiger partial charge in [0.25, 0.3) is 11.8 Å². The minimum atomic E-state index is -0.777. The third kappa shape index (κ3) is 4.35. The highest BCUT2D eigenvalue weighted by Crippen LogP contribution is 2.21. The van der Waals surface area contributed by atoms with Gasteiger partial charge in [-0.05, 0) is 62.2 Å². The molecule has 8 heteroatoms. The van der Waals surface area contributed by atoms with Crippen molar-refractivity contribution in [2.75, 3.05) is 0 Å². The lowest BCUT2D eigenvalue weighted by Crippen LogP contribution is -2.47. The van der Waals surface area contributed by atoms with Crippen molar-refractivity contribution in [3.8, 4) is 17.2 Å². The van der Waals surface area contributed by atoms with Crippen LogP contribution < -0.4 is 15.6 Å². The summed E-state index contributed by atoms with van der Waals surface area (Å²) in [6.45, 7) is 5.51. The number of carbonyl (C=O) groups is 2. The smallest absolute Gasteiger partial charge is 0.279 e. The van der Waals surface area contributed by atoms with E-state index in [-0.39, 0.29) is 0 Å². The van der Waals surface area contributed by atoms with E-state index >= 15 is 0 Å². The van der Waals surface area contributed by atoms with Gasteiger partial charge in [-0.3, -0.25) is 20.4 Å². The second-order valence-electron chi connectivity index (χ2n) is 6.22. The molecule has 0 aliphatic rings. The predicted octanol–water partition coefficient (Wildman–Crippen LogP) is 2.58. The number of aromatic nitrogens is 2. The number of ether oxygens (including phenoxy) is 1. The molecule has 3 rings (SSSR count). The van der Waals surface area contributed by atoms with E-state index in [1.54, 1.807) is 37.3 Å². The molecule has 28 heavy (non-hydrogen) atoms. The minimum absolute atomic E-state index is 0.359. The molecular formula is C20H20N4O4. The van der Waals surface area contributed by atoms with Crippen molar-refractivity contribution in [3.05, 3.63) is 65.5 Å². The molecular weight excluding hydrogens is 360 g/mol. The lowest BCUT2D eigenvalue weighted by molar-refractivity contribution is -0.128. The van der Waals surface area contributed by atoms with Gasteiger partial charge in [0.2, 0.25) is 12.3 Å². The van der Waals surface area contributed by atoms with Gasteiger partial charge in [-0.25, -0.2) is 0 Å². The normalized spacial score (nSPS) is 11.5. The lowest BCUT2D eigenvalue weighted by atomic mass is 10.1. The summed E-state index contributed by atoms with van der Waals surface area (Å²) in [5.41, 5.74) is 7.84. The van der Waals surface area contributed by atoms with E-state index < -0.39 is 17.9 Å². The van der Waals surface area contributed by atoms with Crippen molar-refractivity contribution in [1.82, 2.24) is 21.0 Å². The standard InChI is InChI=1S/C20H20N4O4/c1-12-5-4-6-17(13(12)2)28-14(3)18(25)22-23-19(26)15-7-9-16(10-8-15)20-24-21-11-27-20/h4-11,14H,1-3H3,(H,22,25)(H,23,26)/t14-/m1/s1. The third-order valence-electron chi connectivity index (χ3n) is 4.28. The van der Waals surface area contributed by atoms with E-state index in [0.717, 1.165) is 11.1 Å². The van der Waals surface area contributed by atoms with Crippen molar-refractivity contribution >= 4 is 11.8 Å². The Hall–Kier alpha value is -3.68. The van der Waals surface area contributed by atoms with Gasteiger partial charge in [0, 0.05) is 11.1 Å². The van der Waals surface area contributed by atoms with Crippen LogP contribution in [0.1, 0.15) is 28.4 Å². The zero-order valence-electron chi connectivity index (χ0n) is 15.7. The average Bonchev–Trinajstić information content (AvgIpc) is 3.24. The van der Waals surface area contributed by atoms with Crippen LogP contribution in [0.15, 0.2) is 53.3 Å². The van der Waals surface area contributed by atoms with Crippen LogP contribution in [-0.2, 0) is 4.79 Å². The maximum atomic E-state index is 12.2. The summed E-state index contributed by atoms with van der Waals surface area (Å²) in [4.78, 5) is 24.4. The fourth-order valence-electron chi connectivity index (χ4n) is 2.45. The van der Waals surface area contributed by atoms with Crippen molar-refractivity contribution in [2.45, 2.75) is 26.9 Å². The topological polar surface area (TPSA) is 106 Å². The van der Waals surface area contributed by atoms with E-state index in [1.807, 2.05) is 26.0 Å². The Balaban J connectivity index is 1.55. The Bertz CT molecular complexity index is 968. The second-order valence-corrected chi connectivity index (χ2v) is 6.22. The molecule has 8 nitrogen and oxygen atoms in total. The Labute approximate surface area is 161 Å². The van der Waals surface area contributed by atoms with Crippen LogP contribution in [0.2, 0.25) is 0 Å². The number of nitrogens with zero attached hydrogens (tertiary/aromatic N) is 2. The molecule has 1 heterocycles. The molecule has 0 aliphatic heterocycles. The fourth-order valence-corrected chi connectivity index (χ4v) is 2.45. The zero-order chi connectivity index (χ0) is 20.1. The highest BCUT2D eigenvalue weighted by molar-refractivity contribution is 5.96. The van der Waals surface area contributed by atoms with Crippen molar-refractivity contribution in [2.24, 2.45) is 0 Å². The van der Waals surface area contributed by atoms with Gasteiger partial charge < -0.3 is 9.15 Å². The van der Waals surface area contributed by atoms with Crippen LogP contribution in [0.25, 0.3) is 11.5 Å². The summed E-state index contributed by atoms with van der Waals surface area (Å²) in [5.74, 6) is 0.0735. The van der Waals surface area contributed by atoms with Gasteiger partial charge in [-0.1, -0.05) is 12.1 Å². The highest BCUT2D eigenvalue weighted by Gasteiger charge is 2.17. The van der Waals surface area contributed by atoms with Crippen LogP contribution in [0.5, 0.6) is 5.75 Å². The van der Waals surface area contributed by atoms with Crippen LogP contribution in [0.4, 0.5) is 0 Å². The molecule has 0 bridgehead atoms. The summed E-state index contributed by atoms with van der Waals surface area (Å²) in [6.07, 6.45) is 0.452. The summed E-state index contributed by atoms with van der Waals surface area (Å²) in [5, 5.41) is 7.40. The lowest BCUT2D eigenvalue weighted by Gasteiger charge is -2.17. The number of hydrazine groups is 1. The van der Waals surface area contributed by atoms with Crippen LogP contribution in [-0.4, -0.2) is 28.1 Å². The number of benzene rings is 2. The molecule has 0 unspecified atom stereocenters. The molecule has 0 fully saturated rings. The Morgan fingerprint density at radius 1 is 1.07 bits per heavy atom. The van der Waals surface area contributed by atoms with E-state index in [2.05, 4.69) is 21.0 Å². The number of carbonyl (C=O) groups excluding carboxylic acids is 2. The maximum absolute atomic E-state index is 12.2. The molecule has 3 aromatic rings. The van der Waals surface area contributed by atoms with Gasteiger partial charge >= 0.3 is 0 Å². The van der Waals surface area contributed by atoms with E-state index in [0.29, 0.717) is 22.8 Å². The molecule has 2 aromatic carbocycles. The first-order valence-corrected chi connectivity index (χ1v) is 8.65.